The van der Waals surface area contributed by atoms with E-state index in [1.165, 1.54) is 18.2 Å². The summed E-state index contributed by atoms with van der Waals surface area (Å²) in [5.74, 6) is -0.139. The third-order valence-electron chi connectivity index (χ3n) is 3.52. The number of aromatic nitrogens is 1. The van der Waals surface area contributed by atoms with E-state index in [0.29, 0.717) is 5.82 Å². The van der Waals surface area contributed by atoms with Crippen LogP contribution >= 0.6 is 11.6 Å². The minimum Gasteiger partial charge on any atom is -0.451 e. The lowest BCUT2D eigenvalue weighted by Gasteiger charge is -2.10. The molecule has 0 aliphatic carbocycles. The summed E-state index contributed by atoms with van der Waals surface area (Å²) in [6, 6.07) is 11.3. The molecule has 2 heterocycles. The number of hydrogen-bond donors (Lipinski definition) is 1. The average molecular weight is 381 g/mol. The van der Waals surface area contributed by atoms with Crippen molar-refractivity contribution in [3.63, 3.8) is 0 Å². The van der Waals surface area contributed by atoms with Gasteiger partial charge < -0.3 is 9.73 Å². The minimum atomic E-state index is -4.59. The number of aryl methyl sites for hydroxylation is 1. The van der Waals surface area contributed by atoms with E-state index in [1.807, 2.05) is 0 Å². The highest BCUT2D eigenvalue weighted by Gasteiger charge is 2.33. The van der Waals surface area contributed by atoms with E-state index in [2.05, 4.69) is 10.3 Å². The number of furan rings is 1. The van der Waals surface area contributed by atoms with Gasteiger partial charge in [0.15, 0.2) is 5.76 Å². The first-order valence-electron chi connectivity index (χ1n) is 7.46. The molecule has 0 aliphatic rings. The maximum Gasteiger partial charge on any atom is 0.417 e. The molecule has 0 saturated carbocycles. The summed E-state index contributed by atoms with van der Waals surface area (Å²) in [5, 5.41) is 2.16. The predicted molar refractivity (Wildman–Crippen MR) is 91.1 cm³/mol. The molecule has 0 unspecified atom stereocenters. The predicted octanol–water partition coefficient (Wildman–Crippen LogP) is 5.57. The third-order valence-corrected chi connectivity index (χ3v) is 3.85. The fourth-order valence-electron chi connectivity index (χ4n) is 2.30. The number of rotatable bonds is 3. The Morgan fingerprint density at radius 2 is 1.92 bits per heavy atom. The van der Waals surface area contributed by atoms with Gasteiger partial charge in [0, 0.05) is 11.3 Å². The van der Waals surface area contributed by atoms with Gasteiger partial charge in [0.2, 0.25) is 0 Å². The molecule has 1 N–H and O–H groups in total. The van der Waals surface area contributed by atoms with Crippen LogP contribution in [0.3, 0.4) is 0 Å². The Kier molecular flexibility index (Phi) is 4.73. The molecule has 0 saturated heterocycles. The summed E-state index contributed by atoms with van der Waals surface area (Å²) < 4.78 is 44.3. The van der Waals surface area contributed by atoms with E-state index in [9.17, 15) is 18.0 Å². The van der Waals surface area contributed by atoms with Gasteiger partial charge >= 0.3 is 6.18 Å². The summed E-state index contributed by atoms with van der Waals surface area (Å²) in [4.78, 5) is 16.3. The smallest absolute Gasteiger partial charge is 0.417 e. The highest BCUT2D eigenvalue weighted by Crippen LogP contribution is 2.37. The van der Waals surface area contributed by atoms with E-state index >= 15 is 0 Å². The highest BCUT2D eigenvalue weighted by molar-refractivity contribution is 6.31. The van der Waals surface area contributed by atoms with Crippen molar-refractivity contribution in [3.05, 3.63) is 70.6 Å². The molecule has 0 radical (unpaired) electrons. The second-order valence-corrected chi connectivity index (χ2v) is 5.88. The van der Waals surface area contributed by atoms with Crippen LogP contribution in [0, 0.1) is 6.92 Å². The van der Waals surface area contributed by atoms with Gasteiger partial charge in [-0.05, 0) is 49.4 Å². The van der Waals surface area contributed by atoms with E-state index < -0.39 is 22.7 Å². The van der Waals surface area contributed by atoms with Crippen molar-refractivity contribution in [2.75, 3.05) is 5.32 Å². The Morgan fingerprint density at radius 1 is 1.15 bits per heavy atom. The van der Waals surface area contributed by atoms with Crippen LogP contribution in [0.5, 0.6) is 0 Å². The summed E-state index contributed by atoms with van der Waals surface area (Å²) in [7, 11) is 0. The molecule has 0 fully saturated rings. The molecule has 1 amide bonds. The Balaban J connectivity index is 1.85. The number of benzene rings is 1. The number of pyridine rings is 1. The van der Waals surface area contributed by atoms with Crippen molar-refractivity contribution in [1.29, 1.82) is 0 Å². The number of alkyl halides is 3. The molecule has 26 heavy (non-hydrogen) atoms. The zero-order valence-electron chi connectivity index (χ0n) is 13.4. The molecule has 4 nitrogen and oxygen atoms in total. The lowest BCUT2D eigenvalue weighted by atomic mass is 10.1. The van der Waals surface area contributed by atoms with Crippen LogP contribution in [-0.4, -0.2) is 10.9 Å². The van der Waals surface area contributed by atoms with Crippen molar-refractivity contribution in [3.8, 4) is 11.3 Å². The first kappa shape index (κ1) is 18.0. The molecule has 0 atom stereocenters. The molecule has 1 aromatic carbocycles. The zero-order valence-corrected chi connectivity index (χ0v) is 14.2. The van der Waals surface area contributed by atoms with Crippen LogP contribution in [0.25, 0.3) is 11.3 Å². The molecule has 3 rings (SSSR count). The van der Waals surface area contributed by atoms with Crippen molar-refractivity contribution >= 4 is 23.3 Å². The van der Waals surface area contributed by atoms with Crippen molar-refractivity contribution in [2.45, 2.75) is 13.1 Å². The highest BCUT2D eigenvalue weighted by atomic mass is 35.5. The quantitative estimate of drug-likeness (QED) is 0.645. The van der Waals surface area contributed by atoms with Gasteiger partial charge in [-0.1, -0.05) is 17.7 Å². The second kappa shape index (κ2) is 6.84. The first-order chi connectivity index (χ1) is 12.2. The molecule has 0 spiro atoms. The van der Waals surface area contributed by atoms with Crippen LogP contribution < -0.4 is 5.32 Å². The molecule has 0 bridgehead atoms. The number of nitrogens with zero attached hydrogens (tertiary/aromatic N) is 1. The van der Waals surface area contributed by atoms with Gasteiger partial charge in [-0.15, -0.1) is 0 Å². The average Bonchev–Trinajstić information content (AvgIpc) is 3.04. The summed E-state index contributed by atoms with van der Waals surface area (Å²) in [5.41, 5.74) is -0.0822. The zero-order chi connectivity index (χ0) is 18.9. The van der Waals surface area contributed by atoms with Gasteiger partial charge in [-0.3, -0.25) is 4.79 Å². The second-order valence-electron chi connectivity index (χ2n) is 5.47. The SMILES string of the molecule is Cc1cccc(NC(=O)c2ccc(-c3ccc(Cl)c(C(F)(F)F)c3)o2)n1. The Hall–Kier alpha value is -2.80. The topological polar surface area (TPSA) is 55.1 Å². The van der Waals surface area contributed by atoms with Crippen molar-refractivity contribution in [2.24, 2.45) is 0 Å². The lowest BCUT2D eigenvalue weighted by Crippen LogP contribution is -2.12. The van der Waals surface area contributed by atoms with Crippen LogP contribution in [0.1, 0.15) is 21.8 Å². The number of carbonyl (C=O) groups is 1. The Morgan fingerprint density at radius 3 is 2.62 bits per heavy atom. The van der Waals surface area contributed by atoms with E-state index in [-0.39, 0.29) is 17.1 Å². The number of amides is 1. The van der Waals surface area contributed by atoms with Gasteiger partial charge in [0.1, 0.15) is 11.6 Å². The van der Waals surface area contributed by atoms with E-state index in [1.54, 1.807) is 25.1 Å². The molecule has 0 aliphatic heterocycles. The molecule has 3 aromatic rings. The standard InChI is InChI=1S/C18H12ClF3N2O2/c1-10-3-2-4-16(23-10)24-17(25)15-8-7-14(26-15)11-5-6-13(19)12(9-11)18(20,21)22/h2-9H,1H3,(H,23,24,25). The van der Waals surface area contributed by atoms with Gasteiger partial charge in [0.25, 0.3) is 5.91 Å². The Bertz CT molecular complexity index is 967. The summed E-state index contributed by atoms with van der Waals surface area (Å²) in [6.07, 6.45) is -4.59. The largest absolute Gasteiger partial charge is 0.451 e. The van der Waals surface area contributed by atoms with Crippen molar-refractivity contribution < 1.29 is 22.4 Å². The van der Waals surface area contributed by atoms with E-state index in [0.717, 1.165) is 17.8 Å². The van der Waals surface area contributed by atoms with Crippen LogP contribution in [0.15, 0.2) is 52.9 Å². The van der Waals surface area contributed by atoms with Gasteiger partial charge in [-0.25, -0.2) is 4.98 Å². The van der Waals surface area contributed by atoms with E-state index in [4.69, 9.17) is 16.0 Å². The fourth-order valence-corrected chi connectivity index (χ4v) is 2.53. The number of nitrogens with one attached hydrogen (secondary N) is 1. The fraction of sp³-hybridized carbons (Fsp3) is 0.111. The van der Waals surface area contributed by atoms with Gasteiger partial charge in [0.05, 0.1) is 10.6 Å². The van der Waals surface area contributed by atoms with Crippen LogP contribution in [0.4, 0.5) is 19.0 Å². The molecular weight excluding hydrogens is 369 g/mol. The van der Waals surface area contributed by atoms with Crippen LogP contribution in [-0.2, 0) is 6.18 Å². The Labute approximate surface area is 151 Å². The number of anilines is 1. The molecule has 8 heteroatoms. The first-order valence-corrected chi connectivity index (χ1v) is 7.84. The normalized spacial score (nSPS) is 11.4. The summed E-state index contributed by atoms with van der Waals surface area (Å²) >= 11 is 5.61. The molecule has 134 valence electrons. The maximum atomic E-state index is 13.0. The lowest BCUT2D eigenvalue weighted by molar-refractivity contribution is -0.137. The molecular formula is C18H12ClF3N2O2. The van der Waals surface area contributed by atoms with Crippen molar-refractivity contribution in [1.82, 2.24) is 4.98 Å². The van der Waals surface area contributed by atoms with Crippen LogP contribution in [0.2, 0.25) is 5.02 Å². The minimum absolute atomic E-state index is 0.0492. The number of halogens is 4. The summed E-state index contributed by atoms with van der Waals surface area (Å²) in [6.45, 7) is 1.78. The number of carbonyl (C=O) groups excluding carboxylic acids is 1. The monoisotopic (exact) mass is 380 g/mol. The third kappa shape index (κ3) is 3.88. The molecule has 2 aromatic heterocycles. The van der Waals surface area contributed by atoms with Gasteiger partial charge in [-0.2, -0.15) is 13.2 Å². The maximum absolute atomic E-state index is 13.0. The number of hydrogen-bond acceptors (Lipinski definition) is 3.